The van der Waals surface area contributed by atoms with Crippen molar-refractivity contribution in [2.75, 3.05) is 37.6 Å². The van der Waals surface area contributed by atoms with Crippen molar-refractivity contribution in [1.29, 1.82) is 0 Å². The van der Waals surface area contributed by atoms with E-state index >= 15 is 0 Å². The number of benzene rings is 1. The number of hydrogen-bond donors (Lipinski definition) is 0. The van der Waals surface area contributed by atoms with E-state index in [4.69, 9.17) is 11.6 Å². The molecule has 10 heteroatoms. The maximum atomic E-state index is 13.1. The van der Waals surface area contributed by atoms with Gasteiger partial charge in [0.15, 0.2) is 5.13 Å². The number of thiazole rings is 1. The number of likely N-dealkylation sites (N-methyl/N-ethyl adjacent to an activating group) is 1. The molecule has 3 rings (SSSR count). The van der Waals surface area contributed by atoms with Gasteiger partial charge in [0, 0.05) is 31.0 Å². The zero-order valence-electron chi connectivity index (χ0n) is 17.3. The van der Waals surface area contributed by atoms with Crippen LogP contribution in [0.1, 0.15) is 32.3 Å². The van der Waals surface area contributed by atoms with Crippen LogP contribution >= 0.6 is 35.3 Å². The number of hydrogen-bond acceptors (Lipinski definition) is 6. The average molecular weight is 473 g/mol. The summed E-state index contributed by atoms with van der Waals surface area (Å²) in [5, 5.41) is 1.18. The summed E-state index contributed by atoms with van der Waals surface area (Å²) in [6.07, 6.45) is 0.342. The van der Waals surface area contributed by atoms with Gasteiger partial charge < -0.3 is 4.90 Å². The lowest BCUT2D eigenvalue weighted by Gasteiger charge is -2.26. The summed E-state index contributed by atoms with van der Waals surface area (Å²) in [6.45, 7) is 8.68. The molecule has 1 aliphatic heterocycles. The number of likely N-dealkylation sites (tertiary alicyclic amines) is 1. The Balaban J connectivity index is 0.00000320. The lowest BCUT2D eigenvalue weighted by molar-refractivity contribution is -0.141. The minimum Gasteiger partial charge on any atom is -0.302 e. The molecule has 30 heavy (non-hydrogen) atoms. The predicted octanol–water partition coefficient (Wildman–Crippen LogP) is 3.50. The molecule has 164 valence electrons. The predicted molar refractivity (Wildman–Crippen MR) is 123 cm³/mol. The maximum Gasteiger partial charge on any atom is 0.248 e. The van der Waals surface area contributed by atoms with E-state index in [0.717, 1.165) is 33.8 Å². The Morgan fingerprint density at radius 1 is 1.17 bits per heavy atom. The highest BCUT2D eigenvalue weighted by atomic mass is 35.5. The van der Waals surface area contributed by atoms with E-state index in [-0.39, 0.29) is 49.5 Å². The van der Waals surface area contributed by atoms with Crippen LogP contribution < -0.4 is 4.90 Å². The fourth-order valence-corrected chi connectivity index (χ4v) is 4.85. The van der Waals surface area contributed by atoms with Crippen LogP contribution in [0, 0.1) is 6.92 Å². The Bertz CT molecular complexity index is 930. The first kappa shape index (κ1) is 24.5. The monoisotopic (exact) mass is 472 g/mol. The fraction of sp³-hybridized carbons (Fsp3) is 0.500. The van der Waals surface area contributed by atoms with Crippen molar-refractivity contribution in [3.8, 4) is 0 Å². The average Bonchev–Trinajstić information content (AvgIpc) is 3.23. The second-order valence-corrected chi connectivity index (χ2v) is 8.46. The summed E-state index contributed by atoms with van der Waals surface area (Å²) in [4.78, 5) is 46.6. The number of amides is 3. The molecule has 1 aromatic heterocycles. The van der Waals surface area contributed by atoms with Gasteiger partial charge >= 0.3 is 0 Å². The third kappa shape index (κ3) is 5.29. The zero-order chi connectivity index (χ0) is 21.1. The Kier molecular flexibility index (Phi) is 8.61. The molecule has 3 amide bonds. The van der Waals surface area contributed by atoms with E-state index in [1.807, 2.05) is 19.1 Å². The highest BCUT2D eigenvalue weighted by Crippen LogP contribution is 2.33. The van der Waals surface area contributed by atoms with Crippen LogP contribution in [0.25, 0.3) is 10.2 Å². The van der Waals surface area contributed by atoms with Crippen LogP contribution in [0.5, 0.6) is 0 Å². The molecule has 0 unspecified atom stereocenters. The Hall–Kier alpha value is -1.74. The smallest absolute Gasteiger partial charge is 0.248 e. The minimum absolute atomic E-state index is 0. The number of anilines is 1. The summed E-state index contributed by atoms with van der Waals surface area (Å²) < 4.78 is 0.902. The molecule has 1 saturated heterocycles. The molecule has 1 aromatic carbocycles. The van der Waals surface area contributed by atoms with Crippen LogP contribution in [-0.4, -0.2) is 65.2 Å². The Morgan fingerprint density at radius 2 is 1.80 bits per heavy atom. The van der Waals surface area contributed by atoms with E-state index in [1.54, 1.807) is 4.90 Å². The molecule has 0 N–H and O–H groups in total. The summed E-state index contributed by atoms with van der Waals surface area (Å²) in [7, 11) is 0. The number of carbonyl (C=O) groups is 3. The van der Waals surface area contributed by atoms with E-state index in [2.05, 4.69) is 23.7 Å². The van der Waals surface area contributed by atoms with Crippen molar-refractivity contribution >= 4 is 68.4 Å². The van der Waals surface area contributed by atoms with Crippen molar-refractivity contribution in [3.05, 3.63) is 22.7 Å². The van der Waals surface area contributed by atoms with Crippen LogP contribution in [-0.2, 0) is 14.4 Å². The Labute approximate surface area is 191 Å². The van der Waals surface area contributed by atoms with Gasteiger partial charge in [-0.25, -0.2) is 4.98 Å². The quantitative estimate of drug-likeness (QED) is 0.549. The lowest BCUT2D eigenvalue weighted by Crippen LogP contribution is -2.45. The number of rotatable bonds is 8. The molecule has 1 aliphatic rings. The molecular formula is C20H26Cl2N4O3S. The number of aryl methyl sites for hydroxylation is 1. The van der Waals surface area contributed by atoms with Gasteiger partial charge in [0.2, 0.25) is 17.7 Å². The molecule has 1 fully saturated rings. The third-order valence-electron chi connectivity index (χ3n) is 5.15. The summed E-state index contributed by atoms with van der Waals surface area (Å²) >= 11 is 7.56. The van der Waals surface area contributed by atoms with Crippen LogP contribution in [0.3, 0.4) is 0 Å². The lowest BCUT2D eigenvalue weighted by atomic mass is 10.2. The highest BCUT2D eigenvalue weighted by molar-refractivity contribution is 7.22. The molecule has 7 nitrogen and oxygen atoms in total. The van der Waals surface area contributed by atoms with Gasteiger partial charge in [-0.1, -0.05) is 36.8 Å². The molecule has 2 heterocycles. The van der Waals surface area contributed by atoms with Gasteiger partial charge in [-0.2, -0.15) is 0 Å². The standard InChI is InChI=1S/C20H25ClN4O3S.ClH/c1-4-23(5-2)8-9-24(18(28)12-25-16(26)6-7-17(25)27)20-22-19-13(3)10-14(21)11-15(19)29-20;/h10-11H,4-9,12H2,1-3H3;1H. The van der Waals surface area contributed by atoms with Crippen molar-refractivity contribution in [1.82, 2.24) is 14.8 Å². The first-order valence-corrected chi connectivity index (χ1v) is 11.0. The van der Waals surface area contributed by atoms with Crippen molar-refractivity contribution < 1.29 is 14.4 Å². The SMILES string of the molecule is CCN(CC)CCN(C(=O)CN1C(=O)CCC1=O)c1nc2c(C)cc(Cl)cc2s1.Cl. The van der Waals surface area contributed by atoms with E-state index in [1.165, 1.54) is 11.3 Å². The van der Waals surface area contributed by atoms with Crippen molar-refractivity contribution in [3.63, 3.8) is 0 Å². The number of carbonyl (C=O) groups excluding carboxylic acids is 3. The number of aromatic nitrogens is 1. The van der Waals surface area contributed by atoms with Gasteiger partial charge in [0.1, 0.15) is 6.54 Å². The van der Waals surface area contributed by atoms with E-state index < -0.39 is 0 Å². The van der Waals surface area contributed by atoms with Crippen molar-refractivity contribution in [2.45, 2.75) is 33.6 Å². The highest BCUT2D eigenvalue weighted by Gasteiger charge is 2.33. The third-order valence-corrected chi connectivity index (χ3v) is 6.40. The number of fused-ring (bicyclic) bond motifs is 1. The Morgan fingerprint density at radius 3 is 2.40 bits per heavy atom. The summed E-state index contributed by atoms with van der Waals surface area (Å²) in [5.74, 6) is -0.887. The topological polar surface area (TPSA) is 73.8 Å². The second-order valence-electron chi connectivity index (χ2n) is 7.01. The minimum atomic E-state index is -0.302. The van der Waals surface area contributed by atoms with Crippen LogP contribution in [0.4, 0.5) is 5.13 Å². The van der Waals surface area contributed by atoms with Gasteiger partial charge in [0.25, 0.3) is 0 Å². The molecule has 2 aromatic rings. The van der Waals surface area contributed by atoms with Crippen molar-refractivity contribution in [2.24, 2.45) is 0 Å². The van der Waals surface area contributed by atoms with Crippen LogP contribution in [0.15, 0.2) is 12.1 Å². The molecule has 0 bridgehead atoms. The molecule has 0 saturated carbocycles. The number of nitrogens with zero attached hydrogens (tertiary/aromatic N) is 4. The normalized spacial score (nSPS) is 14.0. The number of imide groups is 1. The van der Waals surface area contributed by atoms with Crippen LogP contribution in [0.2, 0.25) is 5.02 Å². The van der Waals surface area contributed by atoms with E-state index in [0.29, 0.717) is 23.2 Å². The largest absolute Gasteiger partial charge is 0.302 e. The van der Waals surface area contributed by atoms with Gasteiger partial charge in [-0.3, -0.25) is 24.2 Å². The van der Waals surface area contributed by atoms with Gasteiger partial charge in [-0.15, -0.1) is 12.4 Å². The maximum absolute atomic E-state index is 13.1. The zero-order valence-corrected chi connectivity index (χ0v) is 19.7. The second kappa shape index (κ2) is 10.5. The molecular weight excluding hydrogens is 447 g/mol. The summed E-state index contributed by atoms with van der Waals surface area (Å²) in [5.41, 5.74) is 1.75. The fourth-order valence-electron chi connectivity index (χ4n) is 3.39. The van der Waals surface area contributed by atoms with Gasteiger partial charge in [0.05, 0.1) is 10.2 Å². The molecule has 0 spiro atoms. The first-order chi connectivity index (χ1) is 13.8. The molecule has 0 atom stereocenters. The number of halogens is 2. The summed E-state index contributed by atoms with van der Waals surface area (Å²) in [6, 6.07) is 3.68. The van der Waals surface area contributed by atoms with Gasteiger partial charge in [-0.05, 0) is 37.7 Å². The first-order valence-electron chi connectivity index (χ1n) is 9.76. The van der Waals surface area contributed by atoms with E-state index in [9.17, 15) is 14.4 Å². The molecule has 0 radical (unpaired) electrons. The molecule has 0 aliphatic carbocycles.